The van der Waals surface area contributed by atoms with E-state index in [1.54, 1.807) is 0 Å². The zero-order valence-electron chi connectivity index (χ0n) is 12.4. The molecule has 0 amide bonds. The molecule has 1 N–H and O–H groups in total. The van der Waals surface area contributed by atoms with Crippen LogP contribution in [-0.4, -0.2) is 43.4 Å². The van der Waals surface area contributed by atoms with Crippen LogP contribution in [0.5, 0.6) is 0 Å². The van der Waals surface area contributed by atoms with Crippen LogP contribution in [0.2, 0.25) is 0 Å². The summed E-state index contributed by atoms with van der Waals surface area (Å²) in [5.41, 5.74) is 2.07. The van der Waals surface area contributed by atoms with Gasteiger partial charge in [-0.1, -0.05) is 45.0 Å². The predicted molar refractivity (Wildman–Crippen MR) is 80.8 cm³/mol. The minimum Gasteiger partial charge on any atom is -0.308 e. The maximum absolute atomic E-state index is 12.0. The number of carbonyl (C=O) groups excluding carboxylic acids is 1. The van der Waals surface area contributed by atoms with Crippen LogP contribution in [0.4, 0.5) is 0 Å². The normalized spacial score (nSPS) is 10.9. The Balaban J connectivity index is 2.30. The summed E-state index contributed by atoms with van der Waals surface area (Å²) in [7, 11) is 0. The van der Waals surface area contributed by atoms with E-state index in [2.05, 4.69) is 31.0 Å². The molecule has 19 heavy (non-hydrogen) atoms. The molecule has 0 fully saturated rings. The van der Waals surface area contributed by atoms with Gasteiger partial charge in [0.2, 0.25) is 0 Å². The van der Waals surface area contributed by atoms with Gasteiger partial charge in [0.15, 0.2) is 5.78 Å². The monoisotopic (exact) mass is 262 g/mol. The number of carbonyl (C=O) groups is 1. The van der Waals surface area contributed by atoms with Gasteiger partial charge in [0.05, 0.1) is 6.54 Å². The first-order chi connectivity index (χ1) is 9.21. The Bertz CT molecular complexity index is 369. The molecule has 0 aliphatic carbocycles. The van der Waals surface area contributed by atoms with Crippen molar-refractivity contribution in [3.05, 3.63) is 35.4 Å². The van der Waals surface area contributed by atoms with Crippen molar-refractivity contribution in [2.45, 2.75) is 27.2 Å². The van der Waals surface area contributed by atoms with Crippen LogP contribution in [0.25, 0.3) is 0 Å². The van der Waals surface area contributed by atoms with Crippen LogP contribution < -0.4 is 5.32 Å². The van der Waals surface area contributed by atoms with Gasteiger partial charge in [-0.15, -0.1) is 0 Å². The Labute approximate surface area is 117 Å². The summed E-state index contributed by atoms with van der Waals surface area (Å²) >= 11 is 0. The summed E-state index contributed by atoms with van der Waals surface area (Å²) in [5.74, 6) is 0.169. The van der Waals surface area contributed by atoms with Gasteiger partial charge in [-0.25, -0.2) is 0 Å². The van der Waals surface area contributed by atoms with Crippen LogP contribution in [0.15, 0.2) is 24.3 Å². The molecule has 0 radical (unpaired) electrons. The third-order valence-corrected chi connectivity index (χ3v) is 3.47. The number of likely N-dealkylation sites (N-methyl/N-ethyl adjacent to an activating group) is 1. The Kier molecular flexibility index (Phi) is 7.38. The van der Waals surface area contributed by atoms with E-state index in [0.717, 1.165) is 38.2 Å². The highest BCUT2D eigenvalue weighted by Crippen LogP contribution is 2.05. The topological polar surface area (TPSA) is 32.3 Å². The summed E-state index contributed by atoms with van der Waals surface area (Å²) in [4.78, 5) is 14.3. The molecular weight excluding hydrogens is 236 g/mol. The molecule has 3 nitrogen and oxygen atoms in total. The third-order valence-electron chi connectivity index (χ3n) is 3.47. The number of hydrogen-bond acceptors (Lipinski definition) is 3. The van der Waals surface area contributed by atoms with Gasteiger partial charge in [0, 0.05) is 18.7 Å². The van der Waals surface area contributed by atoms with Gasteiger partial charge >= 0.3 is 0 Å². The minimum atomic E-state index is 0.169. The van der Waals surface area contributed by atoms with Gasteiger partial charge in [0.25, 0.3) is 0 Å². The van der Waals surface area contributed by atoms with Gasteiger partial charge in [-0.05, 0) is 25.1 Å². The zero-order valence-corrected chi connectivity index (χ0v) is 12.4. The number of aryl methyl sites for hydroxylation is 1. The Morgan fingerprint density at radius 3 is 2.26 bits per heavy atom. The lowest BCUT2D eigenvalue weighted by Gasteiger charge is -2.17. The average Bonchev–Trinajstić information content (AvgIpc) is 2.47. The van der Waals surface area contributed by atoms with Crippen LogP contribution in [0.3, 0.4) is 0 Å². The summed E-state index contributed by atoms with van der Waals surface area (Å²) < 4.78 is 0. The molecule has 106 valence electrons. The quantitative estimate of drug-likeness (QED) is 0.548. The number of hydrogen-bond donors (Lipinski definition) is 1. The second-order valence-corrected chi connectivity index (χ2v) is 4.68. The highest BCUT2D eigenvalue weighted by Gasteiger charge is 2.05. The molecule has 0 atom stereocenters. The van der Waals surface area contributed by atoms with E-state index in [0.29, 0.717) is 6.54 Å². The average molecular weight is 262 g/mol. The van der Waals surface area contributed by atoms with Crippen molar-refractivity contribution in [1.29, 1.82) is 0 Å². The maximum atomic E-state index is 12.0. The SMILES string of the molecule is CCc1ccc(C(=O)CNCCN(CC)CC)cc1. The summed E-state index contributed by atoms with van der Waals surface area (Å²) in [6.45, 7) is 10.8. The lowest BCUT2D eigenvalue weighted by atomic mass is 10.1. The molecule has 0 heterocycles. The first-order valence-electron chi connectivity index (χ1n) is 7.26. The van der Waals surface area contributed by atoms with Crippen molar-refractivity contribution >= 4 is 5.78 Å². The smallest absolute Gasteiger partial charge is 0.176 e. The van der Waals surface area contributed by atoms with Crippen molar-refractivity contribution in [3.63, 3.8) is 0 Å². The van der Waals surface area contributed by atoms with Crippen LogP contribution in [-0.2, 0) is 6.42 Å². The highest BCUT2D eigenvalue weighted by atomic mass is 16.1. The van der Waals surface area contributed by atoms with Crippen LogP contribution >= 0.6 is 0 Å². The fourth-order valence-electron chi connectivity index (χ4n) is 2.01. The van der Waals surface area contributed by atoms with Crippen molar-refractivity contribution in [2.75, 3.05) is 32.7 Å². The Morgan fingerprint density at radius 2 is 1.74 bits per heavy atom. The minimum absolute atomic E-state index is 0.169. The van der Waals surface area contributed by atoms with Crippen molar-refractivity contribution in [1.82, 2.24) is 10.2 Å². The lowest BCUT2D eigenvalue weighted by Crippen LogP contribution is -2.34. The van der Waals surface area contributed by atoms with Gasteiger partial charge < -0.3 is 10.2 Å². The van der Waals surface area contributed by atoms with Crippen molar-refractivity contribution < 1.29 is 4.79 Å². The molecule has 0 aliphatic rings. The van der Waals surface area contributed by atoms with E-state index in [-0.39, 0.29) is 5.78 Å². The molecule has 1 aromatic rings. The summed E-state index contributed by atoms with van der Waals surface area (Å²) in [6.07, 6.45) is 1.01. The predicted octanol–water partition coefficient (Wildman–Crippen LogP) is 2.36. The largest absolute Gasteiger partial charge is 0.308 e. The number of Topliss-reactive ketones (excluding diaryl/α,β-unsaturated/α-hetero) is 1. The van der Waals surface area contributed by atoms with E-state index in [1.807, 2.05) is 24.3 Å². The second kappa shape index (κ2) is 8.83. The summed E-state index contributed by atoms with van der Waals surface area (Å²) in [5, 5.41) is 3.22. The van der Waals surface area contributed by atoms with Crippen molar-refractivity contribution in [3.8, 4) is 0 Å². The number of benzene rings is 1. The fourth-order valence-corrected chi connectivity index (χ4v) is 2.01. The Morgan fingerprint density at radius 1 is 1.11 bits per heavy atom. The van der Waals surface area contributed by atoms with Crippen LogP contribution in [0, 0.1) is 0 Å². The molecule has 3 heteroatoms. The van der Waals surface area contributed by atoms with E-state index in [9.17, 15) is 4.79 Å². The second-order valence-electron chi connectivity index (χ2n) is 4.68. The van der Waals surface area contributed by atoms with E-state index in [4.69, 9.17) is 0 Å². The van der Waals surface area contributed by atoms with Crippen molar-refractivity contribution in [2.24, 2.45) is 0 Å². The van der Waals surface area contributed by atoms with E-state index in [1.165, 1.54) is 5.56 Å². The van der Waals surface area contributed by atoms with Gasteiger partial charge in [0.1, 0.15) is 0 Å². The fraction of sp³-hybridized carbons (Fsp3) is 0.562. The third kappa shape index (κ3) is 5.53. The summed E-state index contributed by atoms with van der Waals surface area (Å²) in [6, 6.07) is 7.91. The van der Waals surface area contributed by atoms with Gasteiger partial charge in [-0.3, -0.25) is 4.79 Å². The number of nitrogens with one attached hydrogen (secondary N) is 1. The molecule has 0 saturated carbocycles. The van der Waals surface area contributed by atoms with E-state index < -0.39 is 0 Å². The molecule has 1 aromatic carbocycles. The molecule has 1 rings (SSSR count). The zero-order chi connectivity index (χ0) is 14.1. The number of nitrogens with zero attached hydrogens (tertiary/aromatic N) is 1. The lowest BCUT2D eigenvalue weighted by molar-refractivity contribution is 0.0990. The highest BCUT2D eigenvalue weighted by molar-refractivity contribution is 5.97. The van der Waals surface area contributed by atoms with Crippen LogP contribution in [0.1, 0.15) is 36.7 Å². The first-order valence-corrected chi connectivity index (χ1v) is 7.26. The molecule has 0 spiro atoms. The molecule has 0 bridgehead atoms. The molecule has 0 saturated heterocycles. The first kappa shape index (κ1) is 15.9. The molecule has 0 unspecified atom stereocenters. The molecular formula is C16H26N2O. The van der Waals surface area contributed by atoms with Gasteiger partial charge in [-0.2, -0.15) is 0 Å². The molecule has 0 aromatic heterocycles. The van der Waals surface area contributed by atoms with E-state index >= 15 is 0 Å². The Hall–Kier alpha value is -1.19. The number of rotatable bonds is 9. The number of ketones is 1. The molecule has 0 aliphatic heterocycles. The standard InChI is InChI=1S/C16H26N2O/c1-4-14-7-9-15(10-8-14)16(19)13-17-11-12-18(5-2)6-3/h7-10,17H,4-6,11-13H2,1-3H3. The maximum Gasteiger partial charge on any atom is 0.176 e.